The van der Waals surface area contributed by atoms with Crippen molar-refractivity contribution >= 4 is 6.01 Å². The number of hydrogen-bond donors (Lipinski definition) is 1. The van der Waals surface area contributed by atoms with Crippen LogP contribution in [0, 0.1) is 12.8 Å². The highest BCUT2D eigenvalue weighted by atomic mass is 16.5. The summed E-state index contributed by atoms with van der Waals surface area (Å²) in [5, 5.41) is 11.0. The molecule has 0 unspecified atom stereocenters. The quantitative estimate of drug-likeness (QED) is 0.877. The van der Waals surface area contributed by atoms with Crippen LogP contribution in [0.25, 0.3) is 0 Å². The van der Waals surface area contributed by atoms with E-state index in [1.807, 2.05) is 0 Å². The summed E-state index contributed by atoms with van der Waals surface area (Å²) in [5.41, 5.74) is 1.11. The van der Waals surface area contributed by atoms with E-state index in [0.29, 0.717) is 24.4 Å². The number of rotatable bonds is 5. The third-order valence-electron chi connectivity index (χ3n) is 5.03. The van der Waals surface area contributed by atoms with Gasteiger partial charge in [-0.3, -0.25) is 4.90 Å². The minimum atomic E-state index is -0.220. The van der Waals surface area contributed by atoms with Gasteiger partial charge in [-0.25, -0.2) is 0 Å². The fourth-order valence-corrected chi connectivity index (χ4v) is 3.84. The number of anilines is 1. The van der Waals surface area contributed by atoms with Crippen molar-refractivity contribution in [1.29, 1.82) is 0 Å². The molecule has 140 valence electrons. The zero-order chi connectivity index (χ0) is 17.8. The summed E-state index contributed by atoms with van der Waals surface area (Å²) in [6.07, 6.45) is 0.971. The van der Waals surface area contributed by atoms with Crippen LogP contribution >= 0.6 is 0 Å². The average Bonchev–Trinajstić information content (AvgIpc) is 3.18. The standard InChI is InChI=1S/C19H26N4O3/c1-15-21-22-18(26-15)20-10-17-9-19(25-12-17)13-23(7-8-24-14-19)11-16-5-3-2-4-6-16/h2-6,17H,7-14H2,1H3,(H,20,22)/t17-,19+/m0/s1. The molecule has 1 spiro atoms. The molecule has 0 saturated carbocycles. The Hall–Kier alpha value is -1.96. The van der Waals surface area contributed by atoms with Gasteiger partial charge < -0.3 is 19.2 Å². The topological polar surface area (TPSA) is 72.7 Å². The maximum absolute atomic E-state index is 6.26. The Bertz CT molecular complexity index is 708. The molecule has 2 aliphatic heterocycles. The number of aryl methyl sites for hydroxylation is 1. The number of nitrogens with one attached hydrogen (secondary N) is 1. The van der Waals surface area contributed by atoms with Crippen LogP contribution < -0.4 is 5.32 Å². The SMILES string of the molecule is Cc1nnc(NC[C@H]2CO[C@]3(COCCN(Cc4ccccc4)C3)C2)o1. The molecule has 2 saturated heterocycles. The Labute approximate surface area is 153 Å². The molecule has 2 aliphatic rings. The lowest BCUT2D eigenvalue weighted by molar-refractivity contribution is -0.0562. The molecule has 0 radical (unpaired) electrons. The fraction of sp³-hybridized carbons (Fsp3) is 0.579. The van der Waals surface area contributed by atoms with E-state index in [1.165, 1.54) is 5.56 Å². The molecule has 26 heavy (non-hydrogen) atoms. The van der Waals surface area contributed by atoms with Crippen molar-refractivity contribution in [2.24, 2.45) is 5.92 Å². The van der Waals surface area contributed by atoms with Gasteiger partial charge in [0, 0.05) is 39.0 Å². The smallest absolute Gasteiger partial charge is 0.315 e. The second-order valence-corrected chi connectivity index (χ2v) is 7.32. The highest BCUT2D eigenvalue weighted by Gasteiger charge is 2.43. The molecule has 2 fully saturated rings. The van der Waals surface area contributed by atoms with E-state index in [1.54, 1.807) is 6.92 Å². The molecular weight excluding hydrogens is 332 g/mol. The molecule has 7 nitrogen and oxygen atoms in total. The minimum absolute atomic E-state index is 0.220. The van der Waals surface area contributed by atoms with Crippen molar-refractivity contribution in [3.8, 4) is 0 Å². The van der Waals surface area contributed by atoms with E-state index in [-0.39, 0.29) is 5.60 Å². The molecule has 0 aliphatic carbocycles. The number of ether oxygens (including phenoxy) is 2. The van der Waals surface area contributed by atoms with Gasteiger partial charge in [-0.15, -0.1) is 5.10 Å². The lowest BCUT2D eigenvalue weighted by Crippen LogP contribution is -2.43. The number of hydrogen-bond acceptors (Lipinski definition) is 7. The zero-order valence-electron chi connectivity index (χ0n) is 15.2. The van der Waals surface area contributed by atoms with E-state index in [9.17, 15) is 0 Å². The first-order valence-corrected chi connectivity index (χ1v) is 9.23. The molecule has 1 aromatic heterocycles. The zero-order valence-corrected chi connectivity index (χ0v) is 15.2. The van der Waals surface area contributed by atoms with Crippen LogP contribution in [0.1, 0.15) is 17.9 Å². The van der Waals surface area contributed by atoms with Gasteiger partial charge in [0.25, 0.3) is 0 Å². The van der Waals surface area contributed by atoms with Crippen LogP contribution in [0.3, 0.4) is 0 Å². The third kappa shape index (κ3) is 4.23. The van der Waals surface area contributed by atoms with Crippen LogP contribution in [0.2, 0.25) is 0 Å². The van der Waals surface area contributed by atoms with Crippen molar-refractivity contribution in [3.63, 3.8) is 0 Å². The van der Waals surface area contributed by atoms with Gasteiger partial charge in [0.2, 0.25) is 5.89 Å². The molecular formula is C19H26N4O3. The summed E-state index contributed by atoms with van der Waals surface area (Å²) in [5.74, 6) is 0.975. The third-order valence-corrected chi connectivity index (χ3v) is 5.03. The van der Waals surface area contributed by atoms with Gasteiger partial charge in [-0.05, 0) is 12.0 Å². The maximum atomic E-state index is 6.26. The molecule has 0 amide bonds. The first kappa shape index (κ1) is 17.5. The van der Waals surface area contributed by atoms with Gasteiger partial charge in [0.15, 0.2) is 0 Å². The molecule has 3 heterocycles. The molecule has 4 rings (SSSR count). The first-order valence-electron chi connectivity index (χ1n) is 9.23. The Kier molecular flexibility index (Phi) is 5.19. The van der Waals surface area contributed by atoms with Crippen molar-refractivity contribution in [1.82, 2.24) is 15.1 Å². The fourth-order valence-electron chi connectivity index (χ4n) is 3.84. The normalized spacial score (nSPS) is 26.9. The van der Waals surface area contributed by atoms with Crippen molar-refractivity contribution in [2.45, 2.75) is 25.5 Å². The lowest BCUT2D eigenvalue weighted by atomic mass is 9.94. The van der Waals surface area contributed by atoms with Gasteiger partial charge in [0.1, 0.15) is 5.60 Å². The van der Waals surface area contributed by atoms with E-state index in [2.05, 4.69) is 50.7 Å². The number of aromatic nitrogens is 2. The Morgan fingerprint density at radius 1 is 1.27 bits per heavy atom. The van der Waals surface area contributed by atoms with Gasteiger partial charge >= 0.3 is 6.01 Å². The monoisotopic (exact) mass is 358 g/mol. The van der Waals surface area contributed by atoms with Crippen molar-refractivity contribution < 1.29 is 13.9 Å². The molecule has 1 N–H and O–H groups in total. The Balaban J connectivity index is 1.34. The Morgan fingerprint density at radius 3 is 2.96 bits per heavy atom. The van der Waals surface area contributed by atoms with E-state index >= 15 is 0 Å². The first-order chi connectivity index (χ1) is 12.7. The summed E-state index contributed by atoms with van der Waals surface area (Å²) in [4.78, 5) is 2.44. The van der Waals surface area contributed by atoms with Crippen LogP contribution in [-0.4, -0.2) is 60.2 Å². The van der Waals surface area contributed by atoms with Crippen molar-refractivity contribution in [3.05, 3.63) is 41.8 Å². The average molecular weight is 358 g/mol. The molecule has 2 atom stereocenters. The maximum Gasteiger partial charge on any atom is 0.315 e. The summed E-state index contributed by atoms with van der Waals surface area (Å²) in [7, 11) is 0. The molecule has 2 aromatic rings. The summed E-state index contributed by atoms with van der Waals surface area (Å²) >= 11 is 0. The molecule has 1 aromatic carbocycles. The van der Waals surface area contributed by atoms with Crippen LogP contribution in [0.5, 0.6) is 0 Å². The number of benzene rings is 1. The van der Waals surface area contributed by atoms with E-state index in [4.69, 9.17) is 13.9 Å². The van der Waals surface area contributed by atoms with Gasteiger partial charge in [0.05, 0.1) is 19.8 Å². The van der Waals surface area contributed by atoms with Crippen LogP contribution in [-0.2, 0) is 16.0 Å². The minimum Gasteiger partial charge on any atom is -0.408 e. The largest absolute Gasteiger partial charge is 0.408 e. The van der Waals surface area contributed by atoms with Crippen LogP contribution in [0.15, 0.2) is 34.7 Å². The van der Waals surface area contributed by atoms with Gasteiger partial charge in [-0.2, -0.15) is 0 Å². The lowest BCUT2D eigenvalue weighted by Gasteiger charge is -2.31. The number of nitrogens with zero attached hydrogens (tertiary/aromatic N) is 3. The molecule has 0 bridgehead atoms. The summed E-state index contributed by atoms with van der Waals surface area (Å²) in [6.45, 7) is 7.46. The predicted octanol–water partition coefficient (Wildman–Crippen LogP) is 2.10. The van der Waals surface area contributed by atoms with E-state index in [0.717, 1.165) is 45.8 Å². The van der Waals surface area contributed by atoms with E-state index < -0.39 is 0 Å². The van der Waals surface area contributed by atoms with Gasteiger partial charge in [-0.1, -0.05) is 35.4 Å². The van der Waals surface area contributed by atoms with Crippen molar-refractivity contribution in [2.75, 3.05) is 44.8 Å². The summed E-state index contributed by atoms with van der Waals surface area (Å²) < 4.78 is 17.5. The highest BCUT2D eigenvalue weighted by Crippen LogP contribution is 2.33. The second-order valence-electron chi connectivity index (χ2n) is 7.32. The Morgan fingerprint density at radius 2 is 2.15 bits per heavy atom. The van der Waals surface area contributed by atoms with Crippen LogP contribution in [0.4, 0.5) is 6.01 Å². The summed E-state index contributed by atoms with van der Waals surface area (Å²) in [6, 6.07) is 11.1. The predicted molar refractivity (Wildman–Crippen MR) is 96.9 cm³/mol. The second kappa shape index (κ2) is 7.73. The highest BCUT2D eigenvalue weighted by molar-refractivity contribution is 5.17. The molecule has 7 heteroatoms.